The van der Waals surface area contributed by atoms with Gasteiger partial charge in [-0.2, -0.15) is 13.2 Å². The Hall–Kier alpha value is -3.06. The highest BCUT2D eigenvalue weighted by Crippen LogP contribution is 2.30. The Kier molecular flexibility index (Phi) is 7.40. The van der Waals surface area contributed by atoms with E-state index < -0.39 is 17.8 Å². The van der Waals surface area contributed by atoms with Crippen LogP contribution in [-0.2, 0) is 17.5 Å². The third-order valence-electron chi connectivity index (χ3n) is 5.38. The van der Waals surface area contributed by atoms with Crippen molar-refractivity contribution in [2.75, 3.05) is 13.2 Å². The number of aliphatic hydroxyl groups excluding tert-OH is 1. The molecular formula is C25H26F3NO3. The maximum atomic E-state index is 13.2. The van der Waals surface area contributed by atoms with Crippen LogP contribution in [0.1, 0.15) is 23.6 Å². The van der Waals surface area contributed by atoms with Crippen molar-refractivity contribution in [3.63, 3.8) is 0 Å². The first-order chi connectivity index (χ1) is 15.1. The molecule has 3 rings (SSSR count). The second kappa shape index (κ2) is 10.0. The molecule has 0 saturated heterocycles. The topological polar surface area (TPSA) is 49.8 Å². The number of alkyl halides is 3. The van der Waals surface area contributed by atoms with Crippen LogP contribution in [0.15, 0.2) is 72.3 Å². The Morgan fingerprint density at radius 3 is 2.44 bits per heavy atom. The minimum Gasteiger partial charge on any atom is -0.491 e. The molecule has 7 heteroatoms. The molecule has 2 aromatic rings. The maximum absolute atomic E-state index is 13.2. The summed E-state index contributed by atoms with van der Waals surface area (Å²) in [4.78, 5) is 14.8. The molecule has 0 heterocycles. The van der Waals surface area contributed by atoms with E-state index in [1.807, 2.05) is 50.3 Å². The standard InChI is InChI=1S/C25H26F3NO3/c1-17-6-3-4-8-19(17)14-29(24(31)23-9-5-7-18(23)2)15-21(30)16-32-22-12-10-20(11-13-22)25(26,27)28/h3-13,18,21,30H,14-16H2,1-2H3. The van der Waals surface area contributed by atoms with E-state index in [-0.39, 0.29) is 30.7 Å². The lowest BCUT2D eigenvalue weighted by molar-refractivity contribution is -0.137. The van der Waals surface area contributed by atoms with Crippen LogP contribution in [0.25, 0.3) is 0 Å². The number of allylic oxidation sites excluding steroid dienone is 3. The van der Waals surface area contributed by atoms with Gasteiger partial charge >= 0.3 is 6.18 Å². The van der Waals surface area contributed by atoms with Crippen LogP contribution in [0.2, 0.25) is 0 Å². The normalized spacial score (nSPS) is 16.6. The number of halogens is 3. The van der Waals surface area contributed by atoms with Gasteiger partial charge in [-0.3, -0.25) is 4.79 Å². The summed E-state index contributed by atoms with van der Waals surface area (Å²) in [7, 11) is 0. The van der Waals surface area contributed by atoms with Gasteiger partial charge in [0.15, 0.2) is 0 Å². The molecule has 1 aliphatic carbocycles. The molecule has 4 nitrogen and oxygen atoms in total. The minimum absolute atomic E-state index is 0.0117. The molecule has 1 aliphatic rings. The summed E-state index contributed by atoms with van der Waals surface area (Å²) in [6.07, 6.45) is 0.117. The number of hydrogen-bond acceptors (Lipinski definition) is 3. The molecule has 0 aliphatic heterocycles. The van der Waals surface area contributed by atoms with Crippen LogP contribution in [-0.4, -0.2) is 35.2 Å². The maximum Gasteiger partial charge on any atom is 0.416 e. The van der Waals surface area contributed by atoms with Crippen LogP contribution in [0.4, 0.5) is 13.2 Å². The fourth-order valence-corrected chi connectivity index (χ4v) is 3.48. The molecule has 0 aromatic heterocycles. The summed E-state index contributed by atoms with van der Waals surface area (Å²) in [5.41, 5.74) is 1.88. The highest BCUT2D eigenvalue weighted by Gasteiger charge is 2.30. The molecule has 1 amide bonds. The molecular weight excluding hydrogens is 419 g/mol. The number of rotatable bonds is 8. The first-order valence-corrected chi connectivity index (χ1v) is 10.4. The van der Waals surface area contributed by atoms with Gasteiger partial charge in [0.1, 0.15) is 18.5 Å². The second-order valence-corrected chi connectivity index (χ2v) is 7.89. The van der Waals surface area contributed by atoms with Crippen LogP contribution >= 0.6 is 0 Å². The molecule has 0 radical (unpaired) electrons. The lowest BCUT2D eigenvalue weighted by Crippen LogP contribution is -2.40. The summed E-state index contributed by atoms with van der Waals surface area (Å²) in [6.45, 7) is 4.09. The Labute approximate surface area is 185 Å². The summed E-state index contributed by atoms with van der Waals surface area (Å²) in [5, 5.41) is 10.5. The summed E-state index contributed by atoms with van der Waals surface area (Å²) < 4.78 is 43.5. The lowest BCUT2D eigenvalue weighted by atomic mass is 10.0. The van der Waals surface area contributed by atoms with Crippen molar-refractivity contribution in [3.8, 4) is 5.75 Å². The Morgan fingerprint density at radius 1 is 1.16 bits per heavy atom. The van der Waals surface area contributed by atoms with Crippen molar-refractivity contribution >= 4 is 5.91 Å². The largest absolute Gasteiger partial charge is 0.491 e. The van der Waals surface area contributed by atoms with Gasteiger partial charge in [0, 0.05) is 18.0 Å². The summed E-state index contributed by atoms with van der Waals surface area (Å²) >= 11 is 0. The van der Waals surface area contributed by atoms with Gasteiger partial charge in [-0.25, -0.2) is 0 Å². The summed E-state index contributed by atoms with van der Waals surface area (Å²) in [5.74, 6) is 0.0342. The molecule has 0 spiro atoms. The van der Waals surface area contributed by atoms with Crippen LogP contribution in [0.3, 0.4) is 0 Å². The Bertz CT molecular complexity index is 996. The van der Waals surface area contributed by atoms with Gasteiger partial charge in [-0.15, -0.1) is 0 Å². The molecule has 0 bridgehead atoms. The third kappa shape index (κ3) is 6.01. The monoisotopic (exact) mass is 445 g/mol. The third-order valence-corrected chi connectivity index (χ3v) is 5.38. The number of carbonyl (C=O) groups excluding carboxylic acids is 1. The first kappa shape index (κ1) is 23.6. The SMILES string of the molecule is Cc1ccccc1CN(CC(O)COc1ccc(C(F)(F)F)cc1)C(=O)C1=CC=CC1C. The van der Waals surface area contributed by atoms with Gasteiger partial charge in [0.05, 0.1) is 12.1 Å². The number of aliphatic hydroxyl groups is 1. The van der Waals surface area contributed by atoms with Gasteiger partial charge in [0.2, 0.25) is 0 Å². The van der Waals surface area contributed by atoms with E-state index in [1.165, 1.54) is 12.1 Å². The fraction of sp³-hybridized carbons (Fsp3) is 0.320. The second-order valence-electron chi connectivity index (χ2n) is 7.89. The number of amides is 1. The van der Waals surface area contributed by atoms with Crippen LogP contribution < -0.4 is 4.74 Å². The number of ether oxygens (including phenoxy) is 1. The fourth-order valence-electron chi connectivity index (χ4n) is 3.48. The number of aryl methyl sites for hydroxylation is 1. The molecule has 2 unspecified atom stereocenters. The van der Waals surface area contributed by atoms with Gasteiger partial charge in [-0.05, 0) is 42.3 Å². The Morgan fingerprint density at radius 2 is 1.84 bits per heavy atom. The van der Waals surface area contributed by atoms with E-state index in [4.69, 9.17) is 4.74 Å². The first-order valence-electron chi connectivity index (χ1n) is 10.4. The van der Waals surface area contributed by atoms with E-state index in [9.17, 15) is 23.1 Å². The van der Waals surface area contributed by atoms with Crippen LogP contribution in [0.5, 0.6) is 5.75 Å². The highest BCUT2D eigenvalue weighted by molar-refractivity contribution is 5.95. The van der Waals surface area contributed by atoms with Crippen molar-refractivity contribution < 1.29 is 27.8 Å². The van der Waals surface area contributed by atoms with Crippen molar-refractivity contribution in [2.45, 2.75) is 32.7 Å². The average Bonchev–Trinajstić information content (AvgIpc) is 3.18. The average molecular weight is 445 g/mol. The molecule has 2 aromatic carbocycles. The van der Waals surface area contributed by atoms with Gasteiger partial charge in [-0.1, -0.05) is 49.4 Å². The lowest BCUT2D eigenvalue weighted by Gasteiger charge is -2.27. The predicted octanol–water partition coefficient (Wildman–Crippen LogP) is 4.91. The molecule has 170 valence electrons. The quantitative estimate of drug-likeness (QED) is 0.628. The summed E-state index contributed by atoms with van der Waals surface area (Å²) in [6, 6.07) is 12.0. The predicted molar refractivity (Wildman–Crippen MR) is 116 cm³/mol. The van der Waals surface area contributed by atoms with Crippen LogP contribution in [0, 0.1) is 12.8 Å². The molecule has 32 heavy (non-hydrogen) atoms. The van der Waals surface area contributed by atoms with Crippen molar-refractivity contribution in [1.29, 1.82) is 0 Å². The highest BCUT2D eigenvalue weighted by atomic mass is 19.4. The minimum atomic E-state index is -4.42. The number of hydrogen-bond donors (Lipinski definition) is 1. The van der Waals surface area contributed by atoms with E-state index in [0.717, 1.165) is 23.3 Å². The zero-order valence-electron chi connectivity index (χ0n) is 18.0. The van der Waals surface area contributed by atoms with E-state index in [0.29, 0.717) is 12.1 Å². The van der Waals surface area contributed by atoms with E-state index >= 15 is 0 Å². The number of nitrogens with zero attached hydrogens (tertiary/aromatic N) is 1. The Balaban J connectivity index is 1.67. The zero-order valence-corrected chi connectivity index (χ0v) is 18.0. The smallest absolute Gasteiger partial charge is 0.416 e. The van der Waals surface area contributed by atoms with Crippen molar-refractivity contribution in [1.82, 2.24) is 4.90 Å². The molecule has 1 N–H and O–H groups in total. The van der Waals surface area contributed by atoms with E-state index in [2.05, 4.69) is 0 Å². The van der Waals surface area contributed by atoms with Gasteiger partial charge < -0.3 is 14.7 Å². The molecule has 2 atom stereocenters. The van der Waals surface area contributed by atoms with Crippen molar-refractivity contribution in [2.24, 2.45) is 5.92 Å². The van der Waals surface area contributed by atoms with Gasteiger partial charge in [0.25, 0.3) is 5.91 Å². The number of benzene rings is 2. The zero-order chi connectivity index (χ0) is 23.3. The number of carbonyl (C=O) groups is 1. The van der Waals surface area contributed by atoms with E-state index in [1.54, 1.807) is 11.0 Å². The molecule has 0 saturated carbocycles. The van der Waals surface area contributed by atoms with Crippen molar-refractivity contribution in [3.05, 3.63) is 89.0 Å². The molecule has 0 fully saturated rings.